The van der Waals surface area contributed by atoms with Crippen LogP contribution in [-0.2, 0) is 15.6 Å². The average molecular weight is 243 g/mol. The second kappa shape index (κ2) is 4.74. The van der Waals surface area contributed by atoms with E-state index in [1.54, 1.807) is 32.0 Å². The maximum absolute atomic E-state index is 11.8. The second-order valence-corrected chi connectivity index (χ2v) is 6.48. The van der Waals surface area contributed by atoms with Crippen molar-refractivity contribution in [2.45, 2.75) is 24.9 Å². The Kier molecular flexibility index (Phi) is 3.80. The minimum Gasteiger partial charge on any atom is -0.496 e. The first-order valence-corrected chi connectivity index (χ1v) is 6.72. The summed E-state index contributed by atoms with van der Waals surface area (Å²) in [5.41, 5.74) is 6.77. The molecule has 16 heavy (non-hydrogen) atoms. The Morgan fingerprint density at radius 1 is 1.38 bits per heavy atom. The highest BCUT2D eigenvalue weighted by atomic mass is 32.2. The van der Waals surface area contributed by atoms with Gasteiger partial charge in [-0.05, 0) is 32.0 Å². The van der Waals surface area contributed by atoms with Crippen LogP contribution in [0.25, 0.3) is 0 Å². The van der Waals surface area contributed by atoms with Gasteiger partial charge >= 0.3 is 0 Å². The molecule has 5 heteroatoms. The lowest BCUT2D eigenvalue weighted by Gasteiger charge is -2.11. The smallest absolute Gasteiger partial charge is 0.156 e. The van der Waals surface area contributed by atoms with Gasteiger partial charge in [0.15, 0.2) is 9.84 Å². The molecule has 0 fully saturated rings. The molecule has 0 aromatic heterocycles. The minimum absolute atomic E-state index is 0.0428. The Hall–Kier alpha value is -1.23. The van der Waals surface area contributed by atoms with E-state index in [1.165, 1.54) is 7.11 Å². The molecule has 0 aliphatic heterocycles. The number of rotatable bonds is 4. The highest BCUT2D eigenvalue weighted by Crippen LogP contribution is 2.24. The highest BCUT2D eigenvalue weighted by Gasteiger charge is 2.19. The van der Waals surface area contributed by atoms with Crippen LogP contribution in [0.15, 0.2) is 18.2 Å². The largest absolute Gasteiger partial charge is 0.496 e. The molecule has 1 rings (SSSR count). The molecule has 2 N–H and O–H groups in total. The van der Waals surface area contributed by atoms with Crippen molar-refractivity contribution in [3.8, 4) is 5.75 Å². The van der Waals surface area contributed by atoms with Crippen LogP contribution in [0.2, 0.25) is 0 Å². The standard InChI is InChI=1S/C11H17NO3S/c1-8(2)16(13,14)7-9-6-10(12)4-5-11(9)15-3/h4-6,8H,7,12H2,1-3H3. The van der Waals surface area contributed by atoms with Gasteiger partial charge in [0, 0.05) is 11.3 Å². The summed E-state index contributed by atoms with van der Waals surface area (Å²) in [5, 5.41) is -0.404. The summed E-state index contributed by atoms with van der Waals surface area (Å²) in [6.45, 7) is 3.32. The molecular weight excluding hydrogens is 226 g/mol. The Balaban J connectivity index is 3.10. The normalized spacial score (nSPS) is 11.8. The fraction of sp³-hybridized carbons (Fsp3) is 0.455. The molecule has 90 valence electrons. The van der Waals surface area contributed by atoms with E-state index in [2.05, 4.69) is 0 Å². The van der Waals surface area contributed by atoms with Gasteiger partial charge in [-0.2, -0.15) is 0 Å². The Labute approximate surface area is 96.3 Å². The molecule has 4 nitrogen and oxygen atoms in total. The molecule has 0 bridgehead atoms. The lowest BCUT2D eigenvalue weighted by molar-refractivity contribution is 0.411. The quantitative estimate of drug-likeness (QED) is 0.815. The lowest BCUT2D eigenvalue weighted by atomic mass is 10.2. The predicted octanol–water partition coefficient (Wildman–Crippen LogP) is 1.60. The molecule has 0 saturated carbocycles. The summed E-state index contributed by atoms with van der Waals surface area (Å²) >= 11 is 0. The number of nitrogen functional groups attached to an aromatic ring is 1. The number of ether oxygens (including phenoxy) is 1. The zero-order valence-corrected chi connectivity index (χ0v) is 10.5. The van der Waals surface area contributed by atoms with Crippen molar-refractivity contribution in [2.75, 3.05) is 12.8 Å². The number of nitrogens with two attached hydrogens (primary N) is 1. The topological polar surface area (TPSA) is 69.4 Å². The number of anilines is 1. The minimum atomic E-state index is -3.14. The van der Waals surface area contributed by atoms with Crippen molar-refractivity contribution in [1.82, 2.24) is 0 Å². The van der Waals surface area contributed by atoms with Crippen LogP contribution in [0.4, 0.5) is 5.69 Å². The van der Waals surface area contributed by atoms with Crippen molar-refractivity contribution in [1.29, 1.82) is 0 Å². The molecule has 0 spiro atoms. The predicted molar refractivity (Wildman–Crippen MR) is 65.2 cm³/mol. The van der Waals surface area contributed by atoms with Gasteiger partial charge in [0.05, 0.1) is 18.1 Å². The zero-order chi connectivity index (χ0) is 12.3. The summed E-state index contributed by atoms with van der Waals surface area (Å²) in [4.78, 5) is 0. The van der Waals surface area contributed by atoms with Crippen LogP contribution in [0.3, 0.4) is 0 Å². The van der Waals surface area contributed by atoms with Gasteiger partial charge in [0.1, 0.15) is 5.75 Å². The Bertz CT molecular complexity index is 466. The molecule has 0 unspecified atom stereocenters. The molecule has 0 heterocycles. The van der Waals surface area contributed by atoms with Crippen LogP contribution in [0.5, 0.6) is 5.75 Å². The van der Waals surface area contributed by atoms with Crippen LogP contribution < -0.4 is 10.5 Å². The van der Waals surface area contributed by atoms with Crippen molar-refractivity contribution in [3.05, 3.63) is 23.8 Å². The van der Waals surface area contributed by atoms with E-state index in [9.17, 15) is 8.42 Å². The van der Waals surface area contributed by atoms with E-state index in [0.29, 0.717) is 17.0 Å². The van der Waals surface area contributed by atoms with Crippen molar-refractivity contribution in [3.63, 3.8) is 0 Å². The van der Waals surface area contributed by atoms with Gasteiger partial charge in [0.25, 0.3) is 0 Å². The zero-order valence-electron chi connectivity index (χ0n) is 9.73. The van der Waals surface area contributed by atoms with E-state index in [0.717, 1.165) is 0 Å². The maximum atomic E-state index is 11.8. The molecular formula is C11H17NO3S. The van der Waals surface area contributed by atoms with E-state index in [4.69, 9.17) is 10.5 Å². The third-order valence-corrected chi connectivity index (χ3v) is 4.53. The van der Waals surface area contributed by atoms with Gasteiger partial charge in [-0.1, -0.05) is 0 Å². The lowest BCUT2D eigenvalue weighted by Crippen LogP contribution is -2.16. The van der Waals surface area contributed by atoms with Gasteiger partial charge in [-0.25, -0.2) is 8.42 Å². The summed E-state index contributed by atoms with van der Waals surface area (Å²) in [6.07, 6.45) is 0. The summed E-state index contributed by atoms with van der Waals surface area (Å²) in [5.74, 6) is 0.511. The Morgan fingerprint density at radius 3 is 2.50 bits per heavy atom. The van der Waals surface area contributed by atoms with E-state index >= 15 is 0 Å². The average Bonchev–Trinajstić information content (AvgIpc) is 2.17. The first-order chi connectivity index (χ1) is 7.36. The fourth-order valence-electron chi connectivity index (χ4n) is 1.29. The maximum Gasteiger partial charge on any atom is 0.156 e. The molecule has 0 aliphatic carbocycles. The second-order valence-electron chi connectivity index (χ2n) is 3.93. The van der Waals surface area contributed by atoms with Crippen LogP contribution in [0.1, 0.15) is 19.4 Å². The number of hydrogen-bond acceptors (Lipinski definition) is 4. The molecule has 0 saturated heterocycles. The van der Waals surface area contributed by atoms with E-state index in [-0.39, 0.29) is 5.75 Å². The summed E-state index contributed by atoms with van der Waals surface area (Å²) in [6, 6.07) is 5.00. The van der Waals surface area contributed by atoms with Gasteiger partial charge < -0.3 is 10.5 Å². The number of hydrogen-bond donors (Lipinski definition) is 1. The van der Waals surface area contributed by atoms with E-state index in [1.807, 2.05) is 0 Å². The van der Waals surface area contributed by atoms with Crippen LogP contribution in [-0.4, -0.2) is 20.8 Å². The molecule has 0 atom stereocenters. The van der Waals surface area contributed by atoms with Crippen molar-refractivity contribution < 1.29 is 13.2 Å². The van der Waals surface area contributed by atoms with Crippen molar-refractivity contribution in [2.24, 2.45) is 0 Å². The molecule has 1 aromatic rings. The van der Waals surface area contributed by atoms with Crippen LogP contribution in [0, 0.1) is 0 Å². The van der Waals surface area contributed by atoms with E-state index < -0.39 is 15.1 Å². The summed E-state index contributed by atoms with van der Waals surface area (Å²) < 4.78 is 28.7. The third kappa shape index (κ3) is 2.88. The Morgan fingerprint density at radius 2 is 2.00 bits per heavy atom. The highest BCUT2D eigenvalue weighted by molar-refractivity contribution is 7.91. The first-order valence-electron chi connectivity index (χ1n) is 5.01. The molecule has 0 aliphatic rings. The van der Waals surface area contributed by atoms with Gasteiger partial charge in [-0.15, -0.1) is 0 Å². The molecule has 0 amide bonds. The SMILES string of the molecule is COc1ccc(N)cc1CS(=O)(=O)C(C)C. The first kappa shape index (κ1) is 12.8. The third-order valence-electron chi connectivity index (χ3n) is 2.38. The molecule has 0 radical (unpaired) electrons. The fourth-order valence-corrected chi connectivity index (χ4v) is 2.29. The number of sulfone groups is 1. The van der Waals surface area contributed by atoms with Gasteiger partial charge in [0.2, 0.25) is 0 Å². The number of methoxy groups -OCH3 is 1. The monoisotopic (exact) mass is 243 g/mol. The number of benzene rings is 1. The van der Waals surface area contributed by atoms with Gasteiger partial charge in [-0.3, -0.25) is 0 Å². The molecule has 1 aromatic carbocycles. The van der Waals surface area contributed by atoms with Crippen molar-refractivity contribution >= 4 is 15.5 Å². The van der Waals surface area contributed by atoms with Crippen LogP contribution >= 0.6 is 0 Å². The summed E-state index contributed by atoms with van der Waals surface area (Å²) in [7, 11) is -1.63.